The van der Waals surface area contributed by atoms with Crippen molar-refractivity contribution in [2.24, 2.45) is 0 Å². The fourth-order valence-corrected chi connectivity index (χ4v) is 3.56. The smallest absolute Gasteiger partial charge is 0.0431 e. The van der Waals surface area contributed by atoms with E-state index in [9.17, 15) is 0 Å². The number of aliphatic hydroxyl groups excluding tert-OH is 2. The van der Waals surface area contributed by atoms with Gasteiger partial charge in [-0.2, -0.15) is 23.5 Å². The van der Waals surface area contributed by atoms with Gasteiger partial charge < -0.3 is 10.2 Å². The monoisotopic (exact) mass is 280 g/mol. The lowest BCUT2D eigenvalue weighted by Crippen LogP contribution is -1.90. The summed E-state index contributed by atoms with van der Waals surface area (Å²) in [4.78, 5) is 0. The van der Waals surface area contributed by atoms with Crippen molar-refractivity contribution in [3.8, 4) is 0 Å². The quantitative estimate of drug-likeness (QED) is 0.480. The van der Waals surface area contributed by atoms with E-state index in [1.54, 1.807) is 0 Å². The second kappa shape index (κ2) is 16.6. The van der Waals surface area contributed by atoms with Crippen molar-refractivity contribution in [1.82, 2.24) is 0 Å². The summed E-state index contributed by atoms with van der Waals surface area (Å²) in [5, 5.41) is 17.2. The van der Waals surface area contributed by atoms with E-state index in [1.807, 2.05) is 23.5 Å². The molecule has 0 aromatic carbocycles. The molecule has 4 heteroatoms. The molecule has 0 aliphatic heterocycles. The van der Waals surface area contributed by atoms with Crippen LogP contribution >= 0.6 is 23.5 Å². The third-order valence-corrected chi connectivity index (χ3v) is 4.78. The molecule has 0 atom stereocenters. The zero-order chi connectivity index (χ0) is 12.6. The van der Waals surface area contributed by atoms with Crippen LogP contribution in [0, 0.1) is 0 Å². The minimum Gasteiger partial charge on any atom is -0.396 e. The molecule has 2 N–H and O–H groups in total. The van der Waals surface area contributed by atoms with E-state index in [0.717, 1.165) is 12.8 Å². The van der Waals surface area contributed by atoms with E-state index in [1.165, 1.54) is 55.1 Å². The number of aliphatic hydroxyl groups is 2. The Morgan fingerprint density at radius 2 is 0.882 bits per heavy atom. The number of hydrogen-bond donors (Lipinski definition) is 2. The molecule has 0 amide bonds. The normalized spacial score (nSPS) is 10.9. The van der Waals surface area contributed by atoms with Gasteiger partial charge in [-0.1, -0.05) is 12.8 Å². The van der Waals surface area contributed by atoms with E-state index < -0.39 is 0 Å². The lowest BCUT2D eigenvalue weighted by atomic mass is 10.3. The van der Waals surface area contributed by atoms with Crippen LogP contribution in [0.1, 0.15) is 44.9 Å². The second-order valence-electron chi connectivity index (χ2n) is 4.15. The molecule has 0 aliphatic carbocycles. The first-order valence-corrected chi connectivity index (χ1v) is 9.10. The van der Waals surface area contributed by atoms with Crippen molar-refractivity contribution in [2.45, 2.75) is 44.9 Å². The predicted octanol–water partition coefficient (Wildman–Crippen LogP) is 3.17. The molecule has 0 aromatic rings. The summed E-state index contributed by atoms with van der Waals surface area (Å²) in [6.45, 7) is 0.690. The van der Waals surface area contributed by atoms with Gasteiger partial charge in [-0.3, -0.25) is 0 Å². The molecule has 0 saturated heterocycles. The Morgan fingerprint density at radius 1 is 0.471 bits per heavy atom. The Hall–Kier alpha value is 0.620. The van der Waals surface area contributed by atoms with Crippen molar-refractivity contribution < 1.29 is 10.2 Å². The molecule has 0 aromatic heterocycles. The van der Waals surface area contributed by atoms with Gasteiger partial charge in [-0.05, 0) is 55.1 Å². The van der Waals surface area contributed by atoms with Gasteiger partial charge >= 0.3 is 0 Å². The van der Waals surface area contributed by atoms with Crippen LogP contribution in [0.4, 0.5) is 0 Å². The molecule has 2 nitrogen and oxygen atoms in total. The maximum atomic E-state index is 8.62. The van der Waals surface area contributed by atoms with Crippen LogP contribution < -0.4 is 0 Å². The van der Waals surface area contributed by atoms with Gasteiger partial charge in [0.2, 0.25) is 0 Å². The molecule has 0 radical (unpaired) electrons. The average molecular weight is 280 g/mol. The van der Waals surface area contributed by atoms with Crippen LogP contribution in [0.15, 0.2) is 0 Å². The molecule has 0 fully saturated rings. The predicted molar refractivity (Wildman–Crippen MR) is 81.1 cm³/mol. The zero-order valence-electron chi connectivity index (χ0n) is 10.9. The van der Waals surface area contributed by atoms with Crippen molar-refractivity contribution in [3.05, 3.63) is 0 Å². The van der Waals surface area contributed by atoms with Crippen LogP contribution in [-0.4, -0.2) is 46.4 Å². The lowest BCUT2D eigenvalue weighted by Gasteiger charge is -2.02. The van der Waals surface area contributed by atoms with Crippen molar-refractivity contribution in [3.63, 3.8) is 0 Å². The summed E-state index contributed by atoms with van der Waals surface area (Å²) >= 11 is 4.10. The highest BCUT2D eigenvalue weighted by Gasteiger charge is 1.93. The van der Waals surface area contributed by atoms with Crippen molar-refractivity contribution in [2.75, 3.05) is 36.2 Å². The summed E-state index contributed by atoms with van der Waals surface area (Å²) in [6, 6.07) is 0. The standard InChI is InChI=1S/C13H28O2S2/c14-8-3-1-5-10-16-12-7-13-17-11-6-2-4-9-15/h14-15H,1-13H2. The largest absolute Gasteiger partial charge is 0.396 e. The van der Waals surface area contributed by atoms with E-state index in [-0.39, 0.29) is 0 Å². The third kappa shape index (κ3) is 16.6. The SMILES string of the molecule is OCCCCCSCCCSCCCCCO. The Labute approximate surface area is 115 Å². The van der Waals surface area contributed by atoms with Gasteiger partial charge in [0.05, 0.1) is 0 Å². The summed E-state index contributed by atoms with van der Waals surface area (Å²) in [6.07, 6.45) is 8.08. The molecular formula is C13H28O2S2. The highest BCUT2D eigenvalue weighted by molar-refractivity contribution is 8.00. The Bertz CT molecular complexity index is 121. The minimum absolute atomic E-state index is 0.345. The average Bonchev–Trinajstić information content (AvgIpc) is 2.35. The van der Waals surface area contributed by atoms with Gasteiger partial charge in [0.15, 0.2) is 0 Å². The van der Waals surface area contributed by atoms with Gasteiger partial charge in [-0.25, -0.2) is 0 Å². The zero-order valence-corrected chi connectivity index (χ0v) is 12.5. The molecule has 17 heavy (non-hydrogen) atoms. The molecule has 0 aliphatic rings. The summed E-state index contributed by atoms with van der Waals surface area (Å²) < 4.78 is 0. The first-order chi connectivity index (χ1) is 8.41. The maximum absolute atomic E-state index is 8.62. The molecule has 0 rings (SSSR count). The van der Waals surface area contributed by atoms with Crippen molar-refractivity contribution >= 4 is 23.5 Å². The van der Waals surface area contributed by atoms with Gasteiger partial charge in [0.1, 0.15) is 0 Å². The van der Waals surface area contributed by atoms with Gasteiger partial charge in [0, 0.05) is 13.2 Å². The Kier molecular flexibility index (Phi) is 17.2. The summed E-state index contributed by atoms with van der Waals surface area (Å²) in [7, 11) is 0. The topological polar surface area (TPSA) is 40.5 Å². The van der Waals surface area contributed by atoms with Crippen LogP contribution in [0.3, 0.4) is 0 Å². The van der Waals surface area contributed by atoms with Crippen LogP contribution in [0.25, 0.3) is 0 Å². The molecule has 0 bridgehead atoms. The van der Waals surface area contributed by atoms with Crippen LogP contribution in [-0.2, 0) is 0 Å². The number of hydrogen-bond acceptors (Lipinski definition) is 4. The van der Waals surface area contributed by atoms with E-state index >= 15 is 0 Å². The first kappa shape index (κ1) is 17.6. The molecule has 0 saturated carbocycles. The highest BCUT2D eigenvalue weighted by Crippen LogP contribution is 2.12. The van der Waals surface area contributed by atoms with Crippen LogP contribution in [0.5, 0.6) is 0 Å². The van der Waals surface area contributed by atoms with Gasteiger partial charge in [-0.15, -0.1) is 0 Å². The molecule has 0 unspecified atom stereocenters. The van der Waals surface area contributed by atoms with E-state index in [4.69, 9.17) is 10.2 Å². The van der Waals surface area contributed by atoms with Gasteiger partial charge in [0.25, 0.3) is 0 Å². The first-order valence-electron chi connectivity index (χ1n) is 6.79. The van der Waals surface area contributed by atoms with Crippen molar-refractivity contribution in [1.29, 1.82) is 0 Å². The maximum Gasteiger partial charge on any atom is 0.0431 e. The van der Waals surface area contributed by atoms with Crippen LogP contribution in [0.2, 0.25) is 0 Å². The fourth-order valence-electron chi connectivity index (χ4n) is 1.45. The Balaban J connectivity index is 2.85. The molecule has 0 spiro atoms. The molecular weight excluding hydrogens is 252 g/mol. The number of rotatable bonds is 14. The number of unbranched alkanes of at least 4 members (excludes halogenated alkanes) is 4. The third-order valence-electron chi connectivity index (χ3n) is 2.47. The fraction of sp³-hybridized carbons (Fsp3) is 1.00. The Morgan fingerprint density at radius 3 is 1.29 bits per heavy atom. The highest BCUT2D eigenvalue weighted by atomic mass is 32.2. The number of thioether (sulfide) groups is 2. The summed E-state index contributed by atoms with van der Waals surface area (Å²) in [5.41, 5.74) is 0. The lowest BCUT2D eigenvalue weighted by molar-refractivity contribution is 0.284. The molecule has 0 heterocycles. The second-order valence-corrected chi connectivity index (χ2v) is 6.60. The minimum atomic E-state index is 0.345. The molecule has 104 valence electrons. The van der Waals surface area contributed by atoms with E-state index in [2.05, 4.69) is 0 Å². The summed E-state index contributed by atoms with van der Waals surface area (Å²) in [5.74, 6) is 5.06. The van der Waals surface area contributed by atoms with E-state index in [0.29, 0.717) is 13.2 Å².